The van der Waals surface area contributed by atoms with Gasteiger partial charge in [0.2, 0.25) is 0 Å². The van der Waals surface area contributed by atoms with Crippen molar-refractivity contribution in [3.8, 4) is 0 Å². The quantitative estimate of drug-likeness (QED) is 0.838. The third-order valence-electron chi connectivity index (χ3n) is 2.07. The van der Waals surface area contributed by atoms with Gasteiger partial charge in [0.15, 0.2) is 0 Å². The lowest BCUT2D eigenvalue weighted by molar-refractivity contribution is 0.210. The van der Waals surface area contributed by atoms with Crippen molar-refractivity contribution < 1.29 is 9.50 Å². The Hall–Kier alpha value is -0.980. The molecular weight excluding hydrogens is 300 g/mol. The highest BCUT2D eigenvalue weighted by atomic mass is 79.9. The normalized spacial score (nSPS) is 12.8. The van der Waals surface area contributed by atoms with Gasteiger partial charge < -0.3 is 5.11 Å². The Morgan fingerprint density at radius 3 is 2.88 bits per heavy atom. The average Bonchev–Trinajstić information content (AvgIpc) is 2.79. The highest BCUT2D eigenvalue weighted by molar-refractivity contribution is 9.10. The van der Waals surface area contributed by atoms with E-state index in [1.54, 1.807) is 6.07 Å². The monoisotopic (exact) mass is 305 g/mol. The van der Waals surface area contributed by atoms with Crippen molar-refractivity contribution >= 4 is 27.5 Å². The fourth-order valence-corrected chi connectivity index (χ4v) is 1.73. The summed E-state index contributed by atoms with van der Waals surface area (Å²) >= 11 is 8.80. The summed E-state index contributed by atoms with van der Waals surface area (Å²) in [6.45, 7) is 0. The van der Waals surface area contributed by atoms with E-state index in [0.29, 0.717) is 4.47 Å². The van der Waals surface area contributed by atoms with Crippen molar-refractivity contribution in [1.82, 2.24) is 15.4 Å². The van der Waals surface area contributed by atoms with E-state index >= 15 is 0 Å². The van der Waals surface area contributed by atoms with E-state index in [9.17, 15) is 9.50 Å². The number of aliphatic hydroxyl groups excluding tert-OH is 1. The van der Waals surface area contributed by atoms with Crippen LogP contribution in [0.3, 0.4) is 0 Å². The molecule has 0 saturated heterocycles. The van der Waals surface area contributed by atoms with E-state index in [1.807, 2.05) is 0 Å². The van der Waals surface area contributed by atoms with E-state index in [4.69, 9.17) is 11.6 Å². The zero-order valence-electron chi connectivity index (χ0n) is 7.78. The molecule has 1 atom stereocenters. The van der Waals surface area contributed by atoms with Crippen LogP contribution >= 0.6 is 27.5 Å². The highest BCUT2D eigenvalue weighted by Crippen LogP contribution is 2.31. The van der Waals surface area contributed by atoms with Gasteiger partial charge in [-0.05, 0) is 22.0 Å². The number of aromatic amines is 1. The molecule has 0 bridgehead atoms. The smallest absolute Gasteiger partial charge is 0.149 e. The Bertz CT molecular complexity index is 506. The van der Waals surface area contributed by atoms with Crippen LogP contribution in [0.4, 0.5) is 4.39 Å². The molecule has 1 aromatic carbocycles. The Morgan fingerprint density at radius 1 is 1.50 bits per heavy atom. The Kier molecular flexibility index (Phi) is 3.22. The number of H-pyrrole nitrogens is 1. The second-order valence-electron chi connectivity index (χ2n) is 3.06. The molecule has 0 aliphatic heterocycles. The highest BCUT2D eigenvalue weighted by Gasteiger charge is 2.20. The molecule has 2 rings (SSSR count). The molecular formula is C9H6BrClFN3O. The summed E-state index contributed by atoms with van der Waals surface area (Å²) < 4.78 is 14.2. The maximum absolute atomic E-state index is 13.7. The van der Waals surface area contributed by atoms with Gasteiger partial charge in [-0.1, -0.05) is 17.7 Å². The second kappa shape index (κ2) is 4.48. The van der Waals surface area contributed by atoms with Crippen LogP contribution < -0.4 is 0 Å². The first-order valence-corrected chi connectivity index (χ1v) is 5.45. The van der Waals surface area contributed by atoms with Gasteiger partial charge in [-0.2, -0.15) is 15.4 Å². The molecule has 1 unspecified atom stereocenters. The first-order valence-electron chi connectivity index (χ1n) is 4.28. The molecule has 7 heteroatoms. The van der Waals surface area contributed by atoms with Crippen LogP contribution in [-0.4, -0.2) is 20.5 Å². The molecule has 1 heterocycles. The van der Waals surface area contributed by atoms with Crippen molar-refractivity contribution in [2.75, 3.05) is 0 Å². The fourth-order valence-electron chi connectivity index (χ4n) is 1.25. The maximum Gasteiger partial charge on any atom is 0.149 e. The Morgan fingerprint density at radius 2 is 2.25 bits per heavy atom. The summed E-state index contributed by atoms with van der Waals surface area (Å²) in [6.07, 6.45) is 0.129. The molecule has 4 nitrogen and oxygen atoms in total. The molecule has 0 fully saturated rings. The van der Waals surface area contributed by atoms with Gasteiger partial charge in [0, 0.05) is 10.0 Å². The van der Waals surface area contributed by atoms with E-state index in [-0.39, 0.29) is 16.3 Å². The van der Waals surface area contributed by atoms with Crippen LogP contribution in [0, 0.1) is 5.82 Å². The summed E-state index contributed by atoms with van der Waals surface area (Å²) in [6, 6.07) is 2.99. The lowest BCUT2D eigenvalue weighted by Gasteiger charge is -2.10. The van der Waals surface area contributed by atoms with Gasteiger partial charge in [-0.15, -0.1) is 0 Å². The zero-order valence-corrected chi connectivity index (χ0v) is 10.1. The number of benzene rings is 1. The Labute approximate surface area is 104 Å². The van der Waals surface area contributed by atoms with Crippen LogP contribution in [0.2, 0.25) is 5.02 Å². The number of aromatic nitrogens is 3. The number of hydrogen-bond donors (Lipinski definition) is 2. The molecule has 0 aliphatic rings. The first kappa shape index (κ1) is 11.5. The number of rotatable bonds is 2. The van der Waals surface area contributed by atoms with Crippen molar-refractivity contribution in [3.05, 3.63) is 44.9 Å². The maximum atomic E-state index is 13.7. The van der Waals surface area contributed by atoms with Gasteiger partial charge in [-0.3, -0.25) is 0 Å². The minimum atomic E-state index is -1.19. The molecule has 0 saturated carbocycles. The first-order chi connectivity index (χ1) is 7.61. The number of halogens is 3. The third-order valence-corrected chi connectivity index (χ3v) is 3.33. The molecule has 2 N–H and O–H groups in total. The van der Waals surface area contributed by atoms with Gasteiger partial charge in [0.25, 0.3) is 0 Å². The van der Waals surface area contributed by atoms with Gasteiger partial charge >= 0.3 is 0 Å². The predicted octanol–water partition coefficient (Wildman–Crippen LogP) is 2.44. The summed E-state index contributed by atoms with van der Waals surface area (Å²) in [4.78, 5) is 0. The Balaban J connectivity index is 2.45. The van der Waals surface area contributed by atoms with E-state index in [1.165, 1.54) is 12.3 Å². The third kappa shape index (κ3) is 1.95. The molecule has 16 heavy (non-hydrogen) atoms. The largest absolute Gasteiger partial charge is 0.382 e. The van der Waals surface area contributed by atoms with Gasteiger partial charge in [0.1, 0.15) is 17.6 Å². The summed E-state index contributed by atoms with van der Waals surface area (Å²) in [5.41, 5.74) is 0.291. The van der Waals surface area contributed by atoms with E-state index < -0.39 is 11.9 Å². The summed E-state index contributed by atoms with van der Waals surface area (Å²) in [5, 5.41) is 19.3. The number of hydrogen-bond acceptors (Lipinski definition) is 3. The van der Waals surface area contributed by atoms with Crippen LogP contribution in [0.1, 0.15) is 17.4 Å². The molecule has 1 aromatic heterocycles. The molecule has 0 radical (unpaired) electrons. The number of aliphatic hydroxyl groups is 1. The van der Waals surface area contributed by atoms with Gasteiger partial charge in [0.05, 0.1) is 11.2 Å². The summed E-state index contributed by atoms with van der Waals surface area (Å²) in [5.74, 6) is -0.674. The van der Waals surface area contributed by atoms with Crippen molar-refractivity contribution in [3.63, 3.8) is 0 Å². The minimum Gasteiger partial charge on any atom is -0.382 e. The van der Waals surface area contributed by atoms with Crippen LogP contribution in [0.5, 0.6) is 0 Å². The summed E-state index contributed by atoms with van der Waals surface area (Å²) in [7, 11) is 0. The molecule has 0 amide bonds. The fraction of sp³-hybridized carbons (Fsp3) is 0.111. The SMILES string of the molecule is OC(c1cn[nH]n1)c1ccc(Br)c(Cl)c1F. The standard InChI is InChI=1S/C9H6BrClFN3O/c10-5-2-1-4(8(12)7(5)11)9(16)6-3-13-15-14-6/h1-3,9,16H,(H,13,14,15). The van der Waals surface area contributed by atoms with Crippen LogP contribution in [0.15, 0.2) is 22.8 Å². The molecule has 84 valence electrons. The van der Waals surface area contributed by atoms with E-state index in [2.05, 4.69) is 31.3 Å². The number of nitrogens with zero attached hydrogens (tertiary/aromatic N) is 2. The van der Waals surface area contributed by atoms with Crippen molar-refractivity contribution in [1.29, 1.82) is 0 Å². The van der Waals surface area contributed by atoms with Crippen LogP contribution in [-0.2, 0) is 0 Å². The average molecular weight is 307 g/mol. The minimum absolute atomic E-state index is 0.0575. The predicted molar refractivity (Wildman–Crippen MR) is 59.6 cm³/mol. The number of nitrogens with one attached hydrogen (secondary N) is 1. The molecule has 0 spiro atoms. The molecule has 2 aromatic rings. The van der Waals surface area contributed by atoms with Gasteiger partial charge in [-0.25, -0.2) is 4.39 Å². The lowest BCUT2D eigenvalue weighted by atomic mass is 10.1. The van der Waals surface area contributed by atoms with Crippen molar-refractivity contribution in [2.24, 2.45) is 0 Å². The van der Waals surface area contributed by atoms with E-state index in [0.717, 1.165) is 0 Å². The topological polar surface area (TPSA) is 61.8 Å². The second-order valence-corrected chi connectivity index (χ2v) is 4.29. The zero-order chi connectivity index (χ0) is 11.7. The lowest BCUT2D eigenvalue weighted by Crippen LogP contribution is -2.03. The van der Waals surface area contributed by atoms with Crippen LogP contribution in [0.25, 0.3) is 0 Å². The molecule has 0 aliphatic carbocycles. The van der Waals surface area contributed by atoms with Crippen molar-refractivity contribution in [2.45, 2.75) is 6.10 Å².